The molecule has 1 aromatic carbocycles. The summed E-state index contributed by atoms with van der Waals surface area (Å²) in [5.74, 6) is -5.24. The monoisotopic (exact) mass is 299 g/mol. The second-order valence-electron chi connectivity index (χ2n) is 4.15. The lowest BCUT2D eigenvalue weighted by molar-refractivity contribution is -0.140. The summed E-state index contributed by atoms with van der Waals surface area (Å²) in [6.45, 7) is -1.23. The van der Waals surface area contributed by atoms with Gasteiger partial charge in [-0.3, -0.25) is 0 Å². The van der Waals surface area contributed by atoms with Crippen molar-refractivity contribution in [2.75, 3.05) is 6.61 Å². The first-order valence-electron chi connectivity index (χ1n) is 5.29. The highest BCUT2D eigenvalue weighted by Gasteiger charge is 2.47. The van der Waals surface area contributed by atoms with Crippen molar-refractivity contribution in [2.24, 2.45) is 0 Å². The Bertz CT molecular complexity index is 542. The van der Waals surface area contributed by atoms with Gasteiger partial charge in [0.2, 0.25) is 0 Å². The number of hydrogen-bond acceptors (Lipinski definition) is 2. The number of nitrogens with one attached hydrogen (secondary N) is 1. The van der Waals surface area contributed by atoms with Crippen molar-refractivity contribution in [2.45, 2.75) is 18.1 Å². The van der Waals surface area contributed by atoms with Crippen LogP contribution in [0.5, 0.6) is 0 Å². The lowest BCUT2D eigenvalue weighted by Crippen LogP contribution is -2.49. The predicted molar refractivity (Wildman–Crippen MR) is 53.6 cm³/mol. The first-order chi connectivity index (χ1) is 9.11. The molecule has 0 radical (unpaired) electrons. The molecular formula is C11H7F6NO2. The summed E-state index contributed by atoms with van der Waals surface area (Å²) < 4.78 is 81.5. The fourth-order valence-corrected chi connectivity index (χ4v) is 1.78. The van der Waals surface area contributed by atoms with Crippen molar-refractivity contribution < 1.29 is 35.9 Å². The van der Waals surface area contributed by atoms with Gasteiger partial charge in [0.15, 0.2) is 6.61 Å². The van der Waals surface area contributed by atoms with Crippen LogP contribution in [-0.2, 0) is 10.9 Å². The van der Waals surface area contributed by atoms with Gasteiger partial charge < -0.3 is 10.1 Å². The van der Waals surface area contributed by atoms with Crippen molar-refractivity contribution in [1.29, 1.82) is 0 Å². The fraction of sp³-hybridized carbons (Fsp3) is 0.364. The van der Waals surface area contributed by atoms with Crippen molar-refractivity contribution >= 4 is 6.09 Å². The van der Waals surface area contributed by atoms with E-state index in [0.29, 0.717) is 18.2 Å². The van der Waals surface area contributed by atoms with Gasteiger partial charge in [-0.1, -0.05) is 6.07 Å². The van der Waals surface area contributed by atoms with Crippen LogP contribution in [0.1, 0.15) is 17.2 Å². The number of ether oxygens (including phenoxy) is 1. The predicted octanol–water partition coefficient (Wildman–Crippen LogP) is 3.26. The first kappa shape index (κ1) is 14.5. The molecule has 2 rings (SSSR count). The van der Waals surface area contributed by atoms with Crippen LogP contribution in [0.25, 0.3) is 0 Å². The molecule has 9 heteroatoms. The van der Waals surface area contributed by atoms with E-state index in [9.17, 15) is 31.1 Å². The molecule has 0 bridgehead atoms. The first-order valence-corrected chi connectivity index (χ1v) is 5.29. The molecule has 1 fully saturated rings. The van der Waals surface area contributed by atoms with Crippen LogP contribution in [0.15, 0.2) is 18.2 Å². The maximum atomic E-state index is 13.5. The molecule has 1 aliphatic rings. The molecule has 1 aromatic rings. The Morgan fingerprint density at radius 1 is 1.30 bits per heavy atom. The highest BCUT2D eigenvalue weighted by Crippen LogP contribution is 2.37. The summed E-state index contributed by atoms with van der Waals surface area (Å²) in [6, 6.07) is -0.577. The number of carbonyl (C=O) groups excluding carboxylic acids is 1. The molecule has 110 valence electrons. The fourth-order valence-electron chi connectivity index (χ4n) is 1.78. The van der Waals surface area contributed by atoms with E-state index in [-0.39, 0.29) is 0 Å². The van der Waals surface area contributed by atoms with Crippen molar-refractivity contribution in [3.05, 3.63) is 35.1 Å². The Morgan fingerprint density at radius 3 is 2.50 bits per heavy atom. The maximum Gasteiger partial charge on any atom is 0.419 e. The SMILES string of the molecule is O=C1N[C@@H](c2ccc(C(F)(F)F)c(F)c2)C(F)(F)CO1. The Morgan fingerprint density at radius 2 is 1.95 bits per heavy atom. The van der Waals surface area contributed by atoms with Gasteiger partial charge in [0.05, 0.1) is 5.56 Å². The molecule has 1 aliphatic heterocycles. The molecule has 0 unspecified atom stereocenters. The Balaban J connectivity index is 2.38. The number of alkyl halides is 5. The Kier molecular flexibility index (Phi) is 3.31. The lowest BCUT2D eigenvalue weighted by Gasteiger charge is -2.31. The van der Waals surface area contributed by atoms with E-state index in [2.05, 4.69) is 4.74 Å². The van der Waals surface area contributed by atoms with Crippen LogP contribution in [0.2, 0.25) is 0 Å². The molecule has 0 aromatic heterocycles. The van der Waals surface area contributed by atoms with Gasteiger partial charge >= 0.3 is 18.2 Å². The summed E-state index contributed by atoms with van der Waals surface area (Å²) in [5.41, 5.74) is -2.04. The van der Waals surface area contributed by atoms with Crippen molar-refractivity contribution in [3.8, 4) is 0 Å². The van der Waals surface area contributed by atoms with Crippen molar-refractivity contribution in [1.82, 2.24) is 5.32 Å². The van der Waals surface area contributed by atoms with Gasteiger partial charge in [0.25, 0.3) is 0 Å². The van der Waals surface area contributed by atoms with Crippen LogP contribution in [0, 0.1) is 5.82 Å². The van der Waals surface area contributed by atoms with Gasteiger partial charge in [-0.15, -0.1) is 0 Å². The highest BCUT2D eigenvalue weighted by molar-refractivity contribution is 5.69. The zero-order valence-corrected chi connectivity index (χ0v) is 9.60. The van der Waals surface area contributed by atoms with Crippen LogP contribution in [-0.4, -0.2) is 18.6 Å². The zero-order valence-electron chi connectivity index (χ0n) is 9.60. The summed E-state index contributed by atoms with van der Waals surface area (Å²) in [4.78, 5) is 10.9. The number of hydrogen-bond donors (Lipinski definition) is 1. The number of carbonyl (C=O) groups is 1. The van der Waals surface area contributed by atoms with Crippen LogP contribution in [0.3, 0.4) is 0 Å². The average Bonchev–Trinajstić information content (AvgIpc) is 2.30. The highest BCUT2D eigenvalue weighted by atomic mass is 19.4. The average molecular weight is 299 g/mol. The third kappa shape index (κ3) is 2.66. The van der Waals surface area contributed by atoms with E-state index in [0.717, 1.165) is 0 Å². The van der Waals surface area contributed by atoms with Crippen LogP contribution in [0.4, 0.5) is 31.1 Å². The number of alkyl carbamates (subject to hydrolysis) is 1. The lowest BCUT2D eigenvalue weighted by atomic mass is 9.98. The molecule has 1 heterocycles. The Labute approximate surface area is 108 Å². The Hall–Kier alpha value is -1.93. The summed E-state index contributed by atoms with van der Waals surface area (Å²) >= 11 is 0. The van der Waals surface area contributed by atoms with E-state index < -0.39 is 47.8 Å². The molecule has 20 heavy (non-hydrogen) atoms. The molecule has 1 N–H and O–H groups in total. The summed E-state index contributed by atoms with van der Waals surface area (Å²) in [5, 5.41) is 1.75. The van der Waals surface area contributed by atoms with Gasteiger partial charge in [0, 0.05) is 0 Å². The second-order valence-corrected chi connectivity index (χ2v) is 4.15. The minimum absolute atomic E-state index is 0.326. The largest absolute Gasteiger partial charge is 0.443 e. The van der Waals surface area contributed by atoms with E-state index in [4.69, 9.17) is 0 Å². The number of amides is 1. The van der Waals surface area contributed by atoms with E-state index >= 15 is 0 Å². The number of rotatable bonds is 1. The zero-order chi connectivity index (χ0) is 15.1. The van der Waals surface area contributed by atoms with Crippen LogP contribution >= 0.6 is 0 Å². The molecule has 1 amide bonds. The topological polar surface area (TPSA) is 38.3 Å². The molecule has 0 saturated carbocycles. The minimum Gasteiger partial charge on any atom is -0.443 e. The quantitative estimate of drug-likeness (QED) is 0.808. The number of halogens is 6. The van der Waals surface area contributed by atoms with E-state index in [1.807, 2.05) is 0 Å². The molecule has 0 spiro atoms. The van der Waals surface area contributed by atoms with Crippen molar-refractivity contribution in [3.63, 3.8) is 0 Å². The molecule has 3 nitrogen and oxygen atoms in total. The molecule has 0 aliphatic carbocycles. The smallest absolute Gasteiger partial charge is 0.419 e. The summed E-state index contributed by atoms with van der Waals surface area (Å²) in [7, 11) is 0. The van der Waals surface area contributed by atoms with Gasteiger partial charge in [-0.2, -0.15) is 13.2 Å². The van der Waals surface area contributed by atoms with Gasteiger partial charge in [-0.25, -0.2) is 18.0 Å². The normalized spacial score (nSPS) is 22.1. The molecular weight excluding hydrogens is 292 g/mol. The maximum absolute atomic E-state index is 13.5. The molecule has 1 saturated heterocycles. The standard InChI is InChI=1S/C11H7F6NO2/c12-7-3-5(1-2-6(7)11(15,16)17)8-10(13,14)4-20-9(19)18-8/h1-3,8H,4H2,(H,18,19)/t8-/m0/s1. The van der Waals surface area contributed by atoms with E-state index in [1.165, 1.54) is 0 Å². The van der Waals surface area contributed by atoms with Crippen LogP contribution < -0.4 is 5.32 Å². The minimum atomic E-state index is -4.93. The second kappa shape index (κ2) is 4.57. The third-order valence-electron chi connectivity index (χ3n) is 2.71. The summed E-state index contributed by atoms with van der Waals surface area (Å²) in [6.07, 6.45) is -6.08. The van der Waals surface area contributed by atoms with Gasteiger partial charge in [0.1, 0.15) is 11.9 Å². The third-order valence-corrected chi connectivity index (χ3v) is 2.71. The van der Waals surface area contributed by atoms with Gasteiger partial charge in [-0.05, 0) is 17.7 Å². The molecule has 1 atom stereocenters. The van der Waals surface area contributed by atoms with E-state index in [1.54, 1.807) is 5.32 Å². The number of benzene rings is 1. The number of cyclic esters (lactones) is 1.